The number of hydrogen-bond donors (Lipinski definition) is 9. The zero-order valence-electron chi connectivity index (χ0n) is 30.8. The Kier molecular flexibility index (Phi) is 18.9. The molecular formula is C18H26O39S10. The van der Waals surface area contributed by atoms with E-state index in [9.17, 15) is 108 Å². The summed E-state index contributed by atoms with van der Waals surface area (Å²) in [4.78, 5) is -1.05. The molecule has 0 spiro atoms. The van der Waals surface area contributed by atoms with Gasteiger partial charge in [-0.3, -0.25) is 41.0 Å². The van der Waals surface area contributed by atoms with Gasteiger partial charge in [-0.25, -0.2) is 29.3 Å². The zero-order valence-corrected chi connectivity index (χ0v) is 38.9. The minimum Gasteiger partial charge on any atom is -0.362 e. The Morgan fingerprint density at radius 1 is 0.433 bits per heavy atom. The molecule has 0 aromatic heterocycles. The van der Waals surface area contributed by atoms with Crippen LogP contribution in [0.1, 0.15) is 0 Å². The quantitative estimate of drug-likeness (QED) is 0.0436. The van der Waals surface area contributed by atoms with Crippen molar-refractivity contribution in [3.8, 4) is 11.5 Å². The van der Waals surface area contributed by atoms with Crippen LogP contribution in [0.3, 0.4) is 0 Å². The molecule has 2 fully saturated rings. The molecule has 0 radical (unpaired) electrons. The fourth-order valence-corrected chi connectivity index (χ4v) is 10.3. The van der Waals surface area contributed by atoms with Gasteiger partial charge in [0.1, 0.15) is 53.9 Å². The van der Waals surface area contributed by atoms with Gasteiger partial charge in [0.05, 0.1) is 18.1 Å². The van der Waals surface area contributed by atoms with Crippen molar-refractivity contribution in [2.45, 2.75) is 65.5 Å². The predicted molar refractivity (Wildman–Crippen MR) is 196 cm³/mol. The lowest BCUT2D eigenvalue weighted by molar-refractivity contribution is -0.325. The van der Waals surface area contributed by atoms with Gasteiger partial charge in [-0.2, -0.15) is 75.8 Å². The van der Waals surface area contributed by atoms with Crippen LogP contribution < -0.4 is 8.37 Å². The van der Waals surface area contributed by atoms with E-state index in [4.69, 9.17) is 23.3 Å². The fraction of sp³-hybridized carbons (Fsp3) is 0.667. The van der Waals surface area contributed by atoms with Gasteiger partial charge in [0.15, 0.2) is 18.1 Å². The molecule has 0 bridgehead atoms. The van der Waals surface area contributed by atoms with Crippen LogP contribution in [0, 0.1) is 0 Å². The van der Waals surface area contributed by atoms with Crippen LogP contribution in [-0.2, 0) is 137 Å². The molecule has 2 aliphatic heterocycles. The highest BCUT2D eigenvalue weighted by Gasteiger charge is 2.59. The van der Waals surface area contributed by atoms with E-state index in [0.29, 0.717) is 18.2 Å². The van der Waals surface area contributed by atoms with Crippen LogP contribution in [0.5, 0.6) is 11.5 Å². The molecule has 10 atom stereocenters. The van der Waals surface area contributed by atoms with Gasteiger partial charge in [-0.15, -0.1) is 0 Å². The summed E-state index contributed by atoms with van der Waals surface area (Å²) < 4.78 is 351. The number of benzene rings is 1. The van der Waals surface area contributed by atoms with Crippen molar-refractivity contribution in [1.29, 1.82) is 0 Å². The highest BCUT2D eigenvalue weighted by atomic mass is 32.3. The number of ether oxygens (including phenoxy) is 3. The molecule has 0 saturated carbocycles. The van der Waals surface area contributed by atoms with Crippen molar-refractivity contribution < 1.29 is 169 Å². The highest BCUT2D eigenvalue weighted by Crippen LogP contribution is 2.44. The van der Waals surface area contributed by atoms with E-state index >= 15 is 0 Å². The van der Waals surface area contributed by atoms with Crippen LogP contribution in [-0.4, -0.2) is 191 Å². The van der Waals surface area contributed by atoms with Gasteiger partial charge in [-0.1, -0.05) is 11.8 Å². The van der Waals surface area contributed by atoms with Crippen molar-refractivity contribution in [2.24, 2.45) is 0 Å². The third kappa shape index (κ3) is 21.9. The Morgan fingerprint density at radius 3 is 1.24 bits per heavy atom. The van der Waals surface area contributed by atoms with Gasteiger partial charge in [0.2, 0.25) is 0 Å². The molecule has 9 N–H and O–H groups in total. The molecule has 3 rings (SSSR count). The lowest BCUT2D eigenvalue weighted by atomic mass is 9.97. The summed E-state index contributed by atoms with van der Waals surface area (Å²) in [6.45, 7) is -3.90. The van der Waals surface area contributed by atoms with Gasteiger partial charge in [0.25, 0.3) is 0 Å². The Bertz CT molecular complexity index is 2980. The Morgan fingerprint density at radius 2 is 0.821 bits per heavy atom. The Labute approximate surface area is 380 Å². The summed E-state index contributed by atoms with van der Waals surface area (Å²) in [6.07, 6.45) is -28.9. The maximum absolute atomic E-state index is 12.3. The van der Waals surface area contributed by atoms with Gasteiger partial charge in [-0.05, 0) is 18.2 Å². The molecule has 0 amide bonds. The number of hydrogen-bond acceptors (Lipinski definition) is 31. The first-order valence-corrected chi connectivity index (χ1v) is 28.5. The number of thioether (sulfide) groups is 1. The van der Waals surface area contributed by atoms with Crippen molar-refractivity contribution in [3.63, 3.8) is 0 Å². The summed E-state index contributed by atoms with van der Waals surface area (Å²) in [7, 11) is -53.8. The summed E-state index contributed by atoms with van der Waals surface area (Å²) in [6, 6.07) is 1.20. The molecule has 49 heteroatoms. The Balaban J connectivity index is 2.45. The van der Waals surface area contributed by atoms with E-state index in [-0.39, 0.29) is 11.8 Å². The molecule has 2 aliphatic rings. The molecule has 2 saturated heterocycles. The summed E-state index contributed by atoms with van der Waals surface area (Å²) >= 11 is -0.371. The van der Waals surface area contributed by atoms with E-state index in [1.54, 1.807) is 0 Å². The SMILES string of the molecule is O=S(=O)(O)OC[C@H]1O[C@@H](Sc2cc(OS(=O)(=O)O)ccc2OS(=O)(=O)O)[C@H](OS(=O)(=O)O)[C@@H](OS(=O)(=O)O)[C@@H]1O[C@H]1O[C@H](COS(=O)(=O)O)[C@@H](OS(=O)(=O)O)[C@H](OS(=O)(=O)O)[C@H]1OS(=O)(=O)O. The molecule has 392 valence electrons. The largest absolute Gasteiger partial charge is 0.446 e. The van der Waals surface area contributed by atoms with E-state index in [0.717, 1.165) is 0 Å². The second kappa shape index (κ2) is 21.4. The minimum absolute atomic E-state index is 0.320. The fourth-order valence-electron chi connectivity index (χ4n) is 5.16. The molecule has 1 aromatic rings. The topological polar surface area (TPSA) is 600 Å². The third-order valence-corrected chi connectivity index (χ3v) is 12.1. The molecule has 1 aromatic carbocycles. The minimum atomic E-state index is -6.29. The van der Waals surface area contributed by atoms with E-state index in [1.165, 1.54) is 0 Å². The lowest BCUT2D eigenvalue weighted by Gasteiger charge is -2.48. The molecule has 2 heterocycles. The Hall–Kier alpha value is -2.04. The van der Waals surface area contributed by atoms with Crippen LogP contribution in [0.25, 0.3) is 0 Å². The molecule has 0 unspecified atom stereocenters. The van der Waals surface area contributed by atoms with Crippen molar-refractivity contribution in [2.75, 3.05) is 13.2 Å². The van der Waals surface area contributed by atoms with Crippen LogP contribution >= 0.6 is 11.8 Å². The van der Waals surface area contributed by atoms with Gasteiger partial charge >= 0.3 is 93.6 Å². The average Bonchev–Trinajstić information content (AvgIpc) is 3.04. The van der Waals surface area contributed by atoms with Crippen LogP contribution in [0.4, 0.5) is 0 Å². The monoisotopic (exact) mass is 1190 g/mol. The first kappa shape index (κ1) is 59.3. The molecule has 0 aliphatic carbocycles. The first-order valence-electron chi connectivity index (χ1n) is 15.4. The van der Waals surface area contributed by atoms with Crippen molar-refractivity contribution in [3.05, 3.63) is 18.2 Å². The summed E-state index contributed by atoms with van der Waals surface area (Å²) in [5, 5.41) is 0. The summed E-state index contributed by atoms with van der Waals surface area (Å²) in [5.41, 5.74) is -2.76. The third-order valence-electron chi connectivity index (χ3n) is 6.95. The highest BCUT2D eigenvalue weighted by molar-refractivity contribution is 8.00. The smallest absolute Gasteiger partial charge is 0.362 e. The first-order chi connectivity index (χ1) is 29.8. The second-order valence-corrected chi connectivity index (χ2v) is 22.4. The van der Waals surface area contributed by atoms with Crippen LogP contribution in [0.15, 0.2) is 23.1 Å². The predicted octanol–water partition coefficient (Wildman–Crippen LogP) is -5.44. The van der Waals surface area contributed by atoms with Crippen LogP contribution in [0.2, 0.25) is 0 Å². The van der Waals surface area contributed by atoms with E-state index < -0.39 is 184 Å². The van der Waals surface area contributed by atoms with Crippen molar-refractivity contribution >= 4 is 105 Å². The van der Waals surface area contributed by atoms with Crippen molar-refractivity contribution in [1.82, 2.24) is 0 Å². The van der Waals surface area contributed by atoms with Gasteiger partial charge in [0, 0.05) is 0 Å². The van der Waals surface area contributed by atoms with E-state index in [1.807, 2.05) is 0 Å². The second-order valence-electron chi connectivity index (χ2n) is 11.8. The molecule has 67 heavy (non-hydrogen) atoms. The summed E-state index contributed by atoms with van der Waals surface area (Å²) in [5.74, 6) is -2.26. The lowest BCUT2D eigenvalue weighted by Crippen LogP contribution is -2.66. The van der Waals surface area contributed by atoms with Gasteiger partial charge < -0.3 is 22.6 Å². The standard InChI is InChI=1S/C18H26O39S10/c19-59(20,21)46-4-8-11(50-17-15(56-66(40,41)42)14(55-65(37,38)39)12(53-63(31,32)33)9(48-17)5-47-60(22,23)24)13(54-64(34,35)36)16(57-67(43,44)45)18(49-8)58-10-3-6(51-61(25,26)27)1-2-7(10)52-62(28,29)30/h1-3,8-9,11-18H,4-5H2,(H,19,20,21)(H,22,23,24)(H,25,26,27)(H,28,29,30)(H,31,32,33)(H,34,35,36)(H,37,38,39)(H,40,41,42)(H,43,44,45)/t8-,9-,11-,12-,13+,14+,15-,16-,17-,18+/m1/s1. The molecule has 39 nitrogen and oxygen atoms in total. The average molecular weight is 1190 g/mol. The zero-order chi connectivity index (χ0) is 51.7. The normalized spacial score (nSPS) is 27.6. The number of rotatable bonds is 24. The molecular weight excluding hydrogens is 1160 g/mol. The maximum atomic E-state index is 12.3. The van der Waals surface area contributed by atoms with E-state index in [2.05, 4.69) is 37.6 Å². The maximum Gasteiger partial charge on any atom is 0.446 e.